The van der Waals surface area contributed by atoms with Gasteiger partial charge in [-0.2, -0.15) is 9.97 Å². The first-order chi connectivity index (χ1) is 10.1. The van der Waals surface area contributed by atoms with Crippen molar-refractivity contribution in [3.05, 3.63) is 57.8 Å². The maximum absolute atomic E-state index is 11.6. The minimum absolute atomic E-state index is 0.120. The van der Waals surface area contributed by atoms with E-state index in [2.05, 4.69) is 15.0 Å². The highest BCUT2D eigenvalue weighted by Crippen LogP contribution is 2.24. The van der Waals surface area contributed by atoms with Gasteiger partial charge in [0.05, 0.1) is 5.69 Å². The minimum Gasteiger partial charge on any atom is -0.382 e. The van der Waals surface area contributed by atoms with Crippen LogP contribution >= 0.6 is 0 Å². The van der Waals surface area contributed by atoms with Crippen LogP contribution in [0.1, 0.15) is 17.0 Å². The molecule has 0 unspecified atom stereocenters. The SMILES string of the molecule is Cc1nc2c(N)nc(=O)nc-2n(Cc2ccccc2)c1C. The third kappa shape index (κ3) is 2.35. The topological polar surface area (TPSA) is 86.7 Å². The van der Waals surface area contributed by atoms with Crippen molar-refractivity contribution in [2.24, 2.45) is 0 Å². The van der Waals surface area contributed by atoms with Gasteiger partial charge in [-0.3, -0.25) is 0 Å². The summed E-state index contributed by atoms with van der Waals surface area (Å²) in [7, 11) is 0. The number of rotatable bonds is 2. The second-order valence-electron chi connectivity index (χ2n) is 4.92. The predicted molar refractivity (Wildman–Crippen MR) is 80.1 cm³/mol. The zero-order valence-electron chi connectivity index (χ0n) is 11.9. The van der Waals surface area contributed by atoms with Gasteiger partial charge in [0.2, 0.25) is 0 Å². The lowest BCUT2D eigenvalue weighted by Gasteiger charge is -2.19. The predicted octanol–water partition coefficient (Wildman–Crippen LogP) is 1.39. The van der Waals surface area contributed by atoms with Crippen molar-refractivity contribution in [1.82, 2.24) is 19.5 Å². The lowest BCUT2D eigenvalue weighted by atomic mass is 10.2. The molecule has 0 radical (unpaired) electrons. The lowest BCUT2D eigenvalue weighted by Crippen LogP contribution is -2.22. The Hall–Kier alpha value is -2.76. The molecular formula is C15H15N5O. The third-order valence-electron chi connectivity index (χ3n) is 3.52. The van der Waals surface area contributed by atoms with Crippen LogP contribution in [0.15, 0.2) is 35.1 Å². The molecule has 6 heteroatoms. The fraction of sp³-hybridized carbons (Fsp3) is 0.200. The largest absolute Gasteiger partial charge is 0.382 e. The normalized spacial score (nSPS) is 11.0. The van der Waals surface area contributed by atoms with E-state index in [0.717, 1.165) is 17.0 Å². The molecule has 0 spiro atoms. The summed E-state index contributed by atoms with van der Waals surface area (Å²) in [5, 5.41) is 0. The molecule has 0 aromatic heterocycles. The summed E-state index contributed by atoms with van der Waals surface area (Å²) in [5.74, 6) is 0.592. The van der Waals surface area contributed by atoms with E-state index in [1.807, 2.05) is 48.7 Å². The summed E-state index contributed by atoms with van der Waals surface area (Å²) in [6.07, 6.45) is 0. The molecule has 2 N–H and O–H groups in total. The molecule has 2 heterocycles. The number of aromatic nitrogens is 4. The fourth-order valence-corrected chi connectivity index (χ4v) is 2.30. The highest BCUT2D eigenvalue weighted by molar-refractivity contribution is 5.65. The van der Waals surface area contributed by atoms with E-state index in [4.69, 9.17) is 5.73 Å². The van der Waals surface area contributed by atoms with Crippen LogP contribution in [0.4, 0.5) is 5.82 Å². The zero-order chi connectivity index (χ0) is 15.0. The molecule has 2 aliphatic heterocycles. The molecule has 0 saturated carbocycles. The van der Waals surface area contributed by atoms with Crippen molar-refractivity contribution < 1.29 is 0 Å². The van der Waals surface area contributed by atoms with E-state index in [0.29, 0.717) is 18.1 Å². The number of benzene rings is 1. The lowest BCUT2D eigenvalue weighted by molar-refractivity contribution is 0.722. The molecule has 0 fully saturated rings. The average molecular weight is 281 g/mol. The van der Waals surface area contributed by atoms with Crippen LogP contribution < -0.4 is 11.4 Å². The van der Waals surface area contributed by atoms with E-state index in [-0.39, 0.29) is 5.82 Å². The summed E-state index contributed by atoms with van der Waals surface area (Å²) in [6.45, 7) is 4.46. The van der Waals surface area contributed by atoms with E-state index in [1.165, 1.54) is 0 Å². The van der Waals surface area contributed by atoms with Crippen LogP contribution in [-0.2, 0) is 6.54 Å². The number of fused-ring (bicyclic) bond motifs is 1. The summed E-state index contributed by atoms with van der Waals surface area (Å²) in [6, 6.07) is 9.97. The van der Waals surface area contributed by atoms with Gasteiger partial charge in [0, 0.05) is 12.2 Å². The maximum Gasteiger partial charge on any atom is 0.371 e. The first-order valence-corrected chi connectivity index (χ1v) is 6.61. The van der Waals surface area contributed by atoms with Crippen LogP contribution in [0, 0.1) is 13.8 Å². The third-order valence-corrected chi connectivity index (χ3v) is 3.52. The number of aryl methyl sites for hydroxylation is 1. The molecule has 0 amide bonds. The van der Waals surface area contributed by atoms with Gasteiger partial charge in [-0.15, -0.1) is 0 Å². The Morgan fingerprint density at radius 2 is 1.81 bits per heavy atom. The minimum atomic E-state index is -0.591. The number of anilines is 1. The van der Waals surface area contributed by atoms with Gasteiger partial charge in [-0.1, -0.05) is 30.3 Å². The Morgan fingerprint density at radius 1 is 1.10 bits per heavy atom. The van der Waals surface area contributed by atoms with Crippen LogP contribution in [0.5, 0.6) is 0 Å². The van der Waals surface area contributed by atoms with Crippen molar-refractivity contribution in [1.29, 1.82) is 0 Å². The number of nitrogen functional groups attached to an aromatic ring is 1. The monoisotopic (exact) mass is 281 g/mol. The van der Waals surface area contributed by atoms with Crippen molar-refractivity contribution in [3.63, 3.8) is 0 Å². The van der Waals surface area contributed by atoms with Crippen molar-refractivity contribution >= 4 is 5.82 Å². The van der Waals surface area contributed by atoms with E-state index >= 15 is 0 Å². The Bertz CT molecular complexity index is 826. The second-order valence-corrected chi connectivity index (χ2v) is 4.92. The van der Waals surface area contributed by atoms with E-state index in [9.17, 15) is 4.79 Å². The molecule has 3 rings (SSSR count). The number of hydrogen-bond donors (Lipinski definition) is 1. The van der Waals surface area contributed by atoms with E-state index in [1.54, 1.807) is 0 Å². The molecular weight excluding hydrogens is 266 g/mol. The summed E-state index contributed by atoms with van der Waals surface area (Å²) in [5.41, 5.74) is 8.59. The van der Waals surface area contributed by atoms with Gasteiger partial charge in [-0.05, 0) is 19.4 Å². The molecule has 21 heavy (non-hydrogen) atoms. The molecule has 1 aromatic rings. The number of nitrogens with two attached hydrogens (primary N) is 1. The van der Waals surface area contributed by atoms with Crippen molar-refractivity contribution in [2.45, 2.75) is 20.4 Å². The molecule has 6 nitrogen and oxygen atoms in total. The second kappa shape index (κ2) is 4.97. The average Bonchev–Trinajstić information content (AvgIpc) is 2.46. The molecule has 0 atom stereocenters. The molecule has 0 bridgehead atoms. The Kier molecular flexibility index (Phi) is 3.13. The number of hydrogen-bond acceptors (Lipinski definition) is 5. The van der Waals surface area contributed by atoms with Crippen molar-refractivity contribution in [3.8, 4) is 11.5 Å². The van der Waals surface area contributed by atoms with Crippen molar-refractivity contribution in [2.75, 3.05) is 5.73 Å². The Morgan fingerprint density at radius 3 is 2.52 bits per heavy atom. The maximum atomic E-state index is 11.6. The summed E-state index contributed by atoms with van der Waals surface area (Å²) in [4.78, 5) is 23.6. The number of nitrogens with zero attached hydrogens (tertiary/aromatic N) is 4. The standard InChI is InChI=1S/C15H15N5O/c1-9-10(2)20(8-11-6-4-3-5-7-11)14-12(17-9)13(16)18-15(21)19-14/h3-7H,8H2,1-2H3,(H2,16,18,21). The molecule has 0 aliphatic carbocycles. The van der Waals surface area contributed by atoms with Gasteiger partial charge in [-0.25, -0.2) is 9.78 Å². The molecule has 1 aromatic carbocycles. The quantitative estimate of drug-likeness (QED) is 0.767. The van der Waals surface area contributed by atoms with Gasteiger partial charge in [0.1, 0.15) is 5.69 Å². The summed E-state index contributed by atoms with van der Waals surface area (Å²) < 4.78 is 1.95. The van der Waals surface area contributed by atoms with Gasteiger partial charge < -0.3 is 10.3 Å². The first kappa shape index (κ1) is 13.2. The molecule has 2 aliphatic rings. The van der Waals surface area contributed by atoms with Gasteiger partial charge in [0.25, 0.3) is 0 Å². The van der Waals surface area contributed by atoms with Gasteiger partial charge >= 0.3 is 5.69 Å². The summed E-state index contributed by atoms with van der Waals surface area (Å²) >= 11 is 0. The Balaban J connectivity index is 2.25. The first-order valence-electron chi connectivity index (χ1n) is 6.61. The Labute approximate surface area is 121 Å². The highest BCUT2D eigenvalue weighted by atomic mass is 16.1. The zero-order valence-corrected chi connectivity index (χ0v) is 11.9. The van der Waals surface area contributed by atoms with Crippen LogP contribution in [0.2, 0.25) is 0 Å². The molecule has 106 valence electrons. The fourth-order valence-electron chi connectivity index (χ4n) is 2.30. The highest BCUT2D eigenvalue weighted by Gasteiger charge is 2.19. The van der Waals surface area contributed by atoms with Crippen LogP contribution in [-0.4, -0.2) is 19.5 Å². The van der Waals surface area contributed by atoms with E-state index < -0.39 is 5.69 Å². The van der Waals surface area contributed by atoms with Gasteiger partial charge in [0.15, 0.2) is 11.6 Å². The molecule has 0 saturated heterocycles. The van der Waals surface area contributed by atoms with Crippen LogP contribution in [0.25, 0.3) is 11.5 Å². The van der Waals surface area contributed by atoms with Crippen LogP contribution in [0.3, 0.4) is 0 Å². The smallest absolute Gasteiger partial charge is 0.371 e.